The molecule has 0 spiro atoms. The van der Waals surface area contributed by atoms with E-state index in [2.05, 4.69) is 11.3 Å². The second-order valence-electron chi connectivity index (χ2n) is 3.36. The fraction of sp³-hybridized carbons (Fsp3) is 0.300. The highest BCUT2D eigenvalue weighted by atomic mass is 32.2. The maximum atomic E-state index is 11.9. The molecule has 0 unspecified atom stereocenters. The molecule has 0 aromatic carbocycles. The number of hydrogen-bond donors (Lipinski definition) is 2. The van der Waals surface area contributed by atoms with Gasteiger partial charge in [0.25, 0.3) is 0 Å². The Morgan fingerprint density at radius 1 is 1.47 bits per heavy atom. The Morgan fingerprint density at radius 3 is 2.53 bits per heavy atom. The Labute approximate surface area is 99.0 Å². The number of carboxylic acids is 1. The molecule has 17 heavy (non-hydrogen) atoms. The summed E-state index contributed by atoms with van der Waals surface area (Å²) in [5.74, 6) is -1.22. The molecule has 0 aliphatic heterocycles. The van der Waals surface area contributed by atoms with Crippen LogP contribution in [0.25, 0.3) is 0 Å². The number of sulfonamides is 1. The lowest BCUT2D eigenvalue weighted by Gasteiger charge is -2.04. The van der Waals surface area contributed by atoms with Gasteiger partial charge in [-0.25, -0.2) is 17.9 Å². The first kappa shape index (κ1) is 13.5. The highest BCUT2D eigenvalue weighted by Crippen LogP contribution is 2.26. The van der Waals surface area contributed by atoms with Gasteiger partial charge in [0.2, 0.25) is 10.0 Å². The Morgan fingerprint density at radius 2 is 2.06 bits per heavy atom. The van der Waals surface area contributed by atoms with Crippen molar-refractivity contribution in [2.75, 3.05) is 6.54 Å². The van der Waals surface area contributed by atoms with E-state index in [4.69, 9.17) is 9.52 Å². The highest BCUT2D eigenvalue weighted by Gasteiger charge is 2.30. The first-order valence-corrected chi connectivity index (χ1v) is 6.23. The monoisotopic (exact) mass is 259 g/mol. The topological polar surface area (TPSA) is 96.6 Å². The molecule has 0 aliphatic carbocycles. The third-order valence-electron chi connectivity index (χ3n) is 2.11. The number of furan rings is 1. The molecule has 6 nitrogen and oxygen atoms in total. The number of aromatic carboxylic acids is 1. The van der Waals surface area contributed by atoms with E-state index in [-0.39, 0.29) is 28.5 Å². The molecule has 1 rings (SSSR count). The second kappa shape index (κ2) is 4.72. The Kier molecular flexibility index (Phi) is 3.74. The van der Waals surface area contributed by atoms with Crippen LogP contribution >= 0.6 is 0 Å². The van der Waals surface area contributed by atoms with E-state index in [1.807, 2.05) is 0 Å². The summed E-state index contributed by atoms with van der Waals surface area (Å²) in [5, 5.41) is 8.98. The number of hydrogen-bond acceptors (Lipinski definition) is 4. The fourth-order valence-corrected chi connectivity index (χ4v) is 2.88. The van der Waals surface area contributed by atoms with Crippen molar-refractivity contribution in [1.82, 2.24) is 4.72 Å². The predicted octanol–water partition coefficient (Wildman–Crippen LogP) is 1.06. The molecule has 2 N–H and O–H groups in total. The average Bonchev–Trinajstić information content (AvgIpc) is 2.51. The lowest BCUT2D eigenvalue weighted by Crippen LogP contribution is -2.25. The van der Waals surface area contributed by atoms with Gasteiger partial charge < -0.3 is 9.52 Å². The summed E-state index contributed by atoms with van der Waals surface area (Å²) in [6.07, 6.45) is 1.36. The lowest BCUT2D eigenvalue weighted by molar-refractivity contribution is 0.0691. The van der Waals surface area contributed by atoms with Gasteiger partial charge in [-0.2, -0.15) is 0 Å². The zero-order chi connectivity index (χ0) is 13.2. The minimum Gasteiger partial charge on any atom is -0.478 e. The molecule has 0 saturated carbocycles. The van der Waals surface area contributed by atoms with Crippen LogP contribution in [0.15, 0.2) is 22.0 Å². The van der Waals surface area contributed by atoms with E-state index in [9.17, 15) is 13.2 Å². The molecular weight excluding hydrogens is 246 g/mol. The Hall–Kier alpha value is -1.60. The van der Waals surface area contributed by atoms with Crippen LogP contribution in [-0.4, -0.2) is 26.0 Å². The van der Waals surface area contributed by atoms with E-state index in [1.165, 1.54) is 19.9 Å². The van der Waals surface area contributed by atoms with Crippen LogP contribution in [-0.2, 0) is 10.0 Å². The van der Waals surface area contributed by atoms with Crippen molar-refractivity contribution in [2.45, 2.75) is 18.7 Å². The first-order valence-electron chi connectivity index (χ1n) is 4.75. The quantitative estimate of drug-likeness (QED) is 0.771. The number of nitrogens with one attached hydrogen (secondary N) is 1. The number of carbonyl (C=O) groups is 1. The predicted molar refractivity (Wildman–Crippen MR) is 60.5 cm³/mol. The van der Waals surface area contributed by atoms with Gasteiger partial charge in [-0.1, -0.05) is 6.08 Å². The lowest BCUT2D eigenvalue weighted by atomic mass is 10.2. The molecular formula is C10H13NO5S. The average molecular weight is 259 g/mol. The van der Waals surface area contributed by atoms with Crippen molar-refractivity contribution < 1.29 is 22.7 Å². The summed E-state index contributed by atoms with van der Waals surface area (Å²) in [4.78, 5) is 10.7. The van der Waals surface area contributed by atoms with E-state index >= 15 is 0 Å². The van der Waals surface area contributed by atoms with Crippen molar-refractivity contribution in [3.8, 4) is 0 Å². The molecule has 0 bridgehead atoms. The van der Waals surface area contributed by atoms with Crippen LogP contribution in [0.1, 0.15) is 21.9 Å². The van der Waals surface area contributed by atoms with E-state index in [1.54, 1.807) is 0 Å². The standard InChI is InChI=1S/C10H13NO5S/c1-4-5-11-17(14,15)9-7(3)16-6(2)8(9)10(12)13/h4,11H,1,5H2,2-3H3,(H,12,13). The molecule has 1 aromatic heterocycles. The zero-order valence-electron chi connectivity index (χ0n) is 9.48. The fourth-order valence-electron chi connectivity index (χ4n) is 1.48. The molecule has 94 valence electrons. The molecule has 0 aliphatic rings. The molecule has 0 amide bonds. The summed E-state index contributed by atoms with van der Waals surface area (Å²) in [6, 6.07) is 0. The van der Waals surface area contributed by atoms with E-state index in [0.29, 0.717) is 0 Å². The van der Waals surface area contributed by atoms with Gasteiger partial charge in [0.05, 0.1) is 0 Å². The maximum Gasteiger partial charge on any atom is 0.340 e. The summed E-state index contributed by atoms with van der Waals surface area (Å²) < 4.78 is 31.0. The van der Waals surface area contributed by atoms with Crippen molar-refractivity contribution in [1.29, 1.82) is 0 Å². The van der Waals surface area contributed by atoms with Crippen molar-refractivity contribution >= 4 is 16.0 Å². The van der Waals surface area contributed by atoms with Crippen LogP contribution in [0, 0.1) is 13.8 Å². The third kappa shape index (κ3) is 2.56. The van der Waals surface area contributed by atoms with Gasteiger partial charge >= 0.3 is 5.97 Å². The second-order valence-corrected chi connectivity index (χ2v) is 5.07. The largest absolute Gasteiger partial charge is 0.478 e. The van der Waals surface area contributed by atoms with E-state index in [0.717, 1.165) is 0 Å². The van der Waals surface area contributed by atoms with Gasteiger partial charge in [0.15, 0.2) is 0 Å². The number of aryl methyl sites for hydroxylation is 2. The zero-order valence-corrected chi connectivity index (χ0v) is 10.3. The summed E-state index contributed by atoms with van der Waals surface area (Å²) in [7, 11) is -3.90. The van der Waals surface area contributed by atoms with Crippen LogP contribution in [0.2, 0.25) is 0 Å². The van der Waals surface area contributed by atoms with Gasteiger partial charge in [-0.05, 0) is 13.8 Å². The minimum absolute atomic E-state index is 0.0189. The van der Waals surface area contributed by atoms with Gasteiger partial charge in [-0.3, -0.25) is 0 Å². The Bertz CT molecular complexity index is 555. The van der Waals surface area contributed by atoms with Crippen LogP contribution < -0.4 is 4.72 Å². The Balaban J connectivity index is 3.40. The maximum absolute atomic E-state index is 11.9. The van der Waals surface area contributed by atoms with Gasteiger partial charge in [-0.15, -0.1) is 6.58 Å². The van der Waals surface area contributed by atoms with Crippen LogP contribution in [0.4, 0.5) is 0 Å². The molecule has 0 radical (unpaired) electrons. The molecule has 7 heteroatoms. The molecule has 1 aromatic rings. The molecule has 0 atom stereocenters. The van der Waals surface area contributed by atoms with Gasteiger partial charge in [0.1, 0.15) is 22.0 Å². The summed E-state index contributed by atoms with van der Waals surface area (Å²) >= 11 is 0. The van der Waals surface area contributed by atoms with Crippen LogP contribution in [0.3, 0.4) is 0 Å². The van der Waals surface area contributed by atoms with Crippen molar-refractivity contribution in [3.63, 3.8) is 0 Å². The number of carboxylic acid groups (broad SMARTS) is 1. The van der Waals surface area contributed by atoms with Crippen LogP contribution in [0.5, 0.6) is 0 Å². The highest BCUT2D eigenvalue weighted by molar-refractivity contribution is 7.89. The smallest absolute Gasteiger partial charge is 0.340 e. The van der Waals surface area contributed by atoms with Gasteiger partial charge in [0, 0.05) is 6.54 Å². The SMILES string of the molecule is C=CCNS(=O)(=O)c1c(C)oc(C)c1C(=O)O. The summed E-state index contributed by atoms with van der Waals surface area (Å²) in [6.45, 7) is 6.21. The number of rotatable bonds is 5. The molecule has 1 heterocycles. The van der Waals surface area contributed by atoms with Crippen molar-refractivity contribution in [2.24, 2.45) is 0 Å². The van der Waals surface area contributed by atoms with E-state index < -0.39 is 16.0 Å². The third-order valence-corrected chi connectivity index (χ3v) is 3.68. The molecule has 0 saturated heterocycles. The minimum atomic E-state index is -3.90. The first-order chi connectivity index (χ1) is 7.81. The molecule has 0 fully saturated rings. The van der Waals surface area contributed by atoms with Crippen molar-refractivity contribution in [3.05, 3.63) is 29.7 Å². The normalized spacial score (nSPS) is 11.4. The summed E-state index contributed by atoms with van der Waals surface area (Å²) in [5.41, 5.74) is -0.334.